The van der Waals surface area contributed by atoms with Gasteiger partial charge in [0.1, 0.15) is 17.1 Å². The molecule has 9 heteroatoms. The van der Waals surface area contributed by atoms with Gasteiger partial charge in [0.15, 0.2) is 5.78 Å². The number of rotatable bonds is 9. The van der Waals surface area contributed by atoms with Crippen molar-refractivity contribution in [1.82, 2.24) is 4.31 Å². The molecule has 2 fully saturated rings. The Morgan fingerprint density at radius 1 is 1.11 bits per heavy atom. The summed E-state index contributed by atoms with van der Waals surface area (Å²) in [5, 5.41) is 0.102. The molecule has 0 N–H and O–H groups in total. The van der Waals surface area contributed by atoms with Gasteiger partial charge in [-0.05, 0) is 68.0 Å². The fourth-order valence-corrected chi connectivity index (χ4v) is 6.59. The van der Waals surface area contributed by atoms with Crippen molar-refractivity contribution in [3.05, 3.63) is 59.9 Å². The molecule has 0 amide bonds. The molecule has 0 aliphatic carbocycles. The number of furan rings is 1. The summed E-state index contributed by atoms with van der Waals surface area (Å²) in [4.78, 5) is 13.1. The van der Waals surface area contributed by atoms with E-state index >= 15 is 0 Å². The van der Waals surface area contributed by atoms with Crippen LogP contribution in [0.1, 0.15) is 37.7 Å². The van der Waals surface area contributed by atoms with E-state index in [0.29, 0.717) is 37.2 Å². The van der Waals surface area contributed by atoms with Gasteiger partial charge in [0.25, 0.3) is 10.0 Å². The number of ether oxygens (including phenoxy) is 2. The zero-order valence-corrected chi connectivity index (χ0v) is 20.8. The molecule has 1 aromatic heterocycles. The monoisotopic (exact) mass is 515 g/mol. The summed E-state index contributed by atoms with van der Waals surface area (Å²) in [6.07, 6.45) is 3.94. The van der Waals surface area contributed by atoms with Crippen molar-refractivity contribution in [2.24, 2.45) is 5.92 Å². The number of carbonyl (C=O) groups is 1. The van der Waals surface area contributed by atoms with Crippen molar-refractivity contribution in [3.63, 3.8) is 0 Å². The number of hydrogen-bond donors (Lipinski definition) is 0. The van der Waals surface area contributed by atoms with Crippen LogP contribution < -0.4 is 4.74 Å². The molecule has 5 rings (SSSR count). The van der Waals surface area contributed by atoms with Crippen molar-refractivity contribution in [2.75, 3.05) is 26.4 Å². The molecule has 2 aliphatic heterocycles. The Balaban J connectivity index is 1.21. The first-order valence-corrected chi connectivity index (χ1v) is 13.9. The number of fused-ring (bicyclic) bond motifs is 1. The molecular formula is C27H30FNO6S. The molecule has 36 heavy (non-hydrogen) atoms. The number of aryl methyl sites for hydroxylation is 1. The Kier molecular flexibility index (Phi) is 7.41. The Morgan fingerprint density at radius 3 is 2.83 bits per heavy atom. The zero-order valence-electron chi connectivity index (χ0n) is 20.0. The topological polar surface area (TPSA) is 86.0 Å². The number of benzene rings is 2. The molecule has 7 nitrogen and oxygen atoms in total. The summed E-state index contributed by atoms with van der Waals surface area (Å²) < 4.78 is 58.3. The van der Waals surface area contributed by atoms with Crippen LogP contribution in [-0.2, 0) is 26.0 Å². The molecular weight excluding hydrogens is 485 g/mol. The normalized spacial score (nSPS) is 21.1. The number of nitrogens with zero attached hydrogens (tertiary/aromatic N) is 1. The lowest BCUT2D eigenvalue weighted by Gasteiger charge is -2.22. The predicted molar refractivity (Wildman–Crippen MR) is 132 cm³/mol. The predicted octanol–water partition coefficient (Wildman–Crippen LogP) is 4.73. The van der Waals surface area contributed by atoms with Crippen LogP contribution in [0.25, 0.3) is 11.0 Å². The number of carbonyl (C=O) groups excluding carboxylic acids is 1. The standard InChI is InChI=1S/C27H30FNO6S/c28-22-9-11-26-21(15-22)16-27(35-26)36(31,32)29-12-2-7-24(29)25(30)10-8-19-4-1-6-23(14-19)34-18-20-5-3-13-33-17-20/h1,4,6,9,11,14-16,20,24H,2-3,5,7-8,10,12-13,17-18H2/t20?,24-/m0/s1. The van der Waals surface area contributed by atoms with Gasteiger partial charge in [-0.1, -0.05) is 12.1 Å². The number of ketones is 1. The van der Waals surface area contributed by atoms with Gasteiger partial charge in [-0.2, -0.15) is 4.31 Å². The molecule has 0 radical (unpaired) electrons. The maximum absolute atomic E-state index is 13.5. The molecule has 2 aromatic carbocycles. The molecule has 2 atom stereocenters. The molecule has 0 bridgehead atoms. The third kappa shape index (κ3) is 5.48. The second kappa shape index (κ2) is 10.7. The number of halogens is 1. The van der Waals surface area contributed by atoms with Crippen LogP contribution in [-0.4, -0.2) is 50.9 Å². The SMILES string of the molecule is O=C(CCc1cccc(OCC2CCCOC2)c1)[C@@H]1CCCN1S(=O)(=O)c1cc2cc(F)ccc2o1. The van der Waals surface area contributed by atoms with Crippen molar-refractivity contribution >= 4 is 26.8 Å². The quantitative estimate of drug-likeness (QED) is 0.410. The molecule has 2 saturated heterocycles. The molecule has 192 valence electrons. The smallest absolute Gasteiger partial charge is 0.277 e. The van der Waals surface area contributed by atoms with Gasteiger partial charge in [-0.3, -0.25) is 4.79 Å². The third-order valence-corrected chi connectivity index (χ3v) is 8.66. The van der Waals surface area contributed by atoms with Gasteiger partial charge in [-0.25, -0.2) is 12.8 Å². The fourth-order valence-electron chi connectivity index (χ4n) is 4.96. The largest absolute Gasteiger partial charge is 0.493 e. The lowest BCUT2D eigenvalue weighted by molar-refractivity contribution is -0.122. The number of Topliss-reactive ketones (excluding diaryl/α,β-unsaturated/α-hetero) is 1. The maximum Gasteiger partial charge on any atom is 0.277 e. The summed E-state index contributed by atoms with van der Waals surface area (Å²) in [7, 11) is -4.02. The van der Waals surface area contributed by atoms with Crippen LogP contribution in [0.3, 0.4) is 0 Å². The molecule has 3 heterocycles. The van der Waals surface area contributed by atoms with Crippen LogP contribution in [0.5, 0.6) is 5.75 Å². The Bertz CT molecular complexity index is 1330. The van der Waals surface area contributed by atoms with Gasteiger partial charge in [0.2, 0.25) is 5.09 Å². The lowest BCUT2D eigenvalue weighted by Crippen LogP contribution is -2.40. The van der Waals surface area contributed by atoms with Gasteiger partial charge < -0.3 is 13.9 Å². The Morgan fingerprint density at radius 2 is 2.00 bits per heavy atom. The highest BCUT2D eigenvalue weighted by Crippen LogP contribution is 2.31. The minimum atomic E-state index is -4.02. The van der Waals surface area contributed by atoms with Crippen LogP contribution >= 0.6 is 0 Å². The summed E-state index contributed by atoms with van der Waals surface area (Å²) in [6.45, 7) is 2.39. The highest BCUT2D eigenvalue weighted by atomic mass is 32.2. The highest BCUT2D eigenvalue weighted by Gasteiger charge is 2.40. The number of sulfonamides is 1. The first-order valence-electron chi connectivity index (χ1n) is 12.4. The maximum atomic E-state index is 13.5. The Labute approximate surface area is 210 Å². The number of hydrogen-bond acceptors (Lipinski definition) is 6. The van der Waals surface area contributed by atoms with Crippen LogP contribution in [0.15, 0.2) is 58.0 Å². The van der Waals surface area contributed by atoms with E-state index in [9.17, 15) is 17.6 Å². The second-order valence-corrected chi connectivity index (χ2v) is 11.4. The molecule has 0 spiro atoms. The average Bonchev–Trinajstić information content (AvgIpc) is 3.55. The van der Waals surface area contributed by atoms with E-state index in [1.807, 2.05) is 24.3 Å². The van der Waals surface area contributed by atoms with E-state index in [1.54, 1.807) is 0 Å². The zero-order chi connectivity index (χ0) is 25.1. The van der Waals surface area contributed by atoms with Crippen molar-refractivity contribution < 1.29 is 31.5 Å². The summed E-state index contributed by atoms with van der Waals surface area (Å²) >= 11 is 0. The average molecular weight is 516 g/mol. The van der Waals surface area contributed by atoms with Gasteiger partial charge in [-0.15, -0.1) is 0 Å². The van der Waals surface area contributed by atoms with Crippen LogP contribution in [0.2, 0.25) is 0 Å². The van der Waals surface area contributed by atoms with Crippen molar-refractivity contribution in [1.29, 1.82) is 0 Å². The minimum absolute atomic E-state index is 0.121. The van der Waals surface area contributed by atoms with E-state index in [0.717, 1.165) is 37.4 Å². The van der Waals surface area contributed by atoms with Crippen molar-refractivity contribution in [3.8, 4) is 5.75 Å². The third-order valence-electron chi connectivity index (χ3n) is 6.89. The van der Waals surface area contributed by atoms with Gasteiger partial charge in [0, 0.05) is 36.9 Å². The first-order chi connectivity index (χ1) is 17.4. The Hall–Kier alpha value is -2.75. The van der Waals surface area contributed by atoms with Gasteiger partial charge in [0.05, 0.1) is 19.3 Å². The van der Waals surface area contributed by atoms with E-state index in [2.05, 4.69) is 0 Å². The second-order valence-electron chi connectivity index (χ2n) is 9.53. The lowest BCUT2D eigenvalue weighted by atomic mass is 10.0. The van der Waals surface area contributed by atoms with E-state index < -0.39 is 21.9 Å². The summed E-state index contributed by atoms with van der Waals surface area (Å²) in [5.74, 6) is 0.560. The van der Waals surface area contributed by atoms with Gasteiger partial charge >= 0.3 is 0 Å². The van der Waals surface area contributed by atoms with Crippen LogP contribution in [0.4, 0.5) is 4.39 Å². The molecule has 1 unspecified atom stereocenters. The van der Waals surface area contributed by atoms with Crippen molar-refractivity contribution in [2.45, 2.75) is 49.7 Å². The highest BCUT2D eigenvalue weighted by molar-refractivity contribution is 7.89. The van der Waals surface area contributed by atoms with E-state index in [1.165, 1.54) is 28.6 Å². The fraction of sp³-hybridized carbons (Fsp3) is 0.444. The molecule has 3 aromatic rings. The first kappa shape index (κ1) is 24.9. The summed E-state index contributed by atoms with van der Waals surface area (Å²) in [6, 6.07) is 12.1. The van der Waals surface area contributed by atoms with E-state index in [4.69, 9.17) is 13.9 Å². The molecule has 2 aliphatic rings. The summed E-state index contributed by atoms with van der Waals surface area (Å²) in [5.41, 5.74) is 1.25. The molecule has 0 saturated carbocycles. The van der Waals surface area contributed by atoms with Crippen LogP contribution in [0, 0.1) is 11.7 Å². The van der Waals surface area contributed by atoms with E-state index in [-0.39, 0.29) is 29.4 Å². The minimum Gasteiger partial charge on any atom is -0.493 e.